The first-order valence-corrected chi connectivity index (χ1v) is 3.32. The summed E-state index contributed by atoms with van der Waals surface area (Å²) in [6, 6.07) is 3.22. The second-order valence-corrected chi connectivity index (χ2v) is 2.38. The molecule has 0 bridgehead atoms. The highest BCUT2D eigenvalue weighted by molar-refractivity contribution is 5.13. The molecule has 10 heavy (non-hydrogen) atoms. The third-order valence-corrected chi connectivity index (χ3v) is 1.67. The molecule has 0 aliphatic carbocycles. The van der Waals surface area contributed by atoms with Crippen LogP contribution in [-0.2, 0) is 6.42 Å². The SMILES string of the molecule is O=c1ccn2c(c1)CCN2. The maximum atomic E-state index is 10.8. The predicted octanol–water partition coefficient (Wildman–Crippen LogP) is -0.0521. The average molecular weight is 136 g/mol. The number of pyridine rings is 1. The molecule has 0 fully saturated rings. The van der Waals surface area contributed by atoms with Gasteiger partial charge in [0.1, 0.15) is 0 Å². The van der Waals surface area contributed by atoms with Crippen molar-refractivity contribution in [1.29, 1.82) is 0 Å². The average Bonchev–Trinajstić information content (AvgIpc) is 2.33. The van der Waals surface area contributed by atoms with Gasteiger partial charge in [-0.15, -0.1) is 0 Å². The van der Waals surface area contributed by atoms with E-state index in [-0.39, 0.29) is 5.43 Å². The molecular formula is C7H8N2O. The lowest BCUT2D eigenvalue weighted by molar-refractivity contribution is 0.923. The van der Waals surface area contributed by atoms with Crippen LogP contribution in [0.3, 0.4) is 0 Å². The van der Waals surface area contributed by atoms with E-state index in [2.05, 4.69) is 5.43 Å². The highest BCUT2D eigenvalue weighted by atomic mass is 16.1. The van der Waals surface area contributed by atoms with Crippen LogP contribution >= 0.6 is 0 Å². The van der Waals surface area contributed by atoms with E-state index >= 15 is 0 Å². The Kier molecular flexibility index (Phi) is 1.03. The van der Waals surface area contributed by atoms with Gasteiger partial charge in [0, 0.05) is 37.0 Å². The number of nitrogens with zero attached hydrogens (tertiary/aromatic N) is 1. The fourth-order valence-corrected chi connectivity index (χ4v) is 1.18. The lowest BCUT2D eigenvalue weighted by atomic mass is 10.3. The Morgan fingerprint density at radius 2 is 2.50 bits per heavy atom. The van der Waals surface area contributed by atoms with E-state index in [1.54, 1.807) is 18.3 Å². The van der Waals surface area contributed by atoms with Crippen LogP contribution in [-0.4, -0.2) is 11.2 Å². The van der Waals surface area contributed by atoms with Crippen LogP contribution in [0.25, 0.3) is 0 Å². The third-order valence-electron chi connectivity index (χ3n) is 1.67. The molecule has 1 aliphatic rings. The number of rotatable bonds is 0. The monoisotopic (exact) mass is 136 g/mol. The predicted molar refractivity (Wildman–Crippen MR) is 38.6 cm³/mol. The highest BCUT2D eigenvalue weighted by Gasteiger charge is 2.05. The van der Waals surface area contributed by atoms with Gasteiger partial charge >= 0.3 is 0 Å². The number of fused-ring (bicyclic) bond motifs is 1. The molecule has 0 unspecified atom stereocenters. The van der Waals surface area contributed by atoms with Crippen molar-refractivity contribution in [2.75, 3.05) is 12.0 Å². The molecule has 1 aromatic heterocycles. The zero-order valence-electron chi connectivity index (χ0n) is 5.50. The number of aromatic nitrogens is 1. The third kappa shape index (κ3) is 0.708. The number of hydrogen-bond donors (Lipinski definition) is 1. The largest absolute Gasteiger partial charge is 0.326 e. The molecule has 1 aliphatic heterocycles. The van der Waals surface area contributed by atoms with E-state index in [4.69, 9.17) is 0 Å². The lowest BCUT2D eigenvalue weighted by Gasteiger charge is -2.00. The van der Waals surface area contributed by atoms with Gasteiger partial charge in [0.15, 0.2) is 5.43 Å². The van der Waals surface area contributed by atoms with E-state index in [0.717, 1.165) is 18.7 Å². The summed E-state index contributed by atoms with van der Waals surface area (Å²) in [7, 11) is 0. The van der Waals surface area contributed by atoms with Gasteiger partial charge in [0.25, 0.3) is 0 Å². The summed E-state index contributed by atoms with van der Waals surface area (Å²) in [6.07, 6.45) is 2.72. The number of nitrogens with one attached hydrogen (secondary N) is 1. The van der Waals surface area contributed by atoms with Gasteiger partial charge in [-0.05, 0) is 0 Å². The fourth-order valence-electron chi connectivity index (χ4n) is 1.18. The molecule has 3 nitrogen and oxygen atoms in total. The van der Waals surface area contributed by atoms with Crippen molar-refractivity contribution in [2.45, 2.75) is 6.42 Å². The Bertz CT molecular complexity index is 303. The van der Waals surface area contributed by atoms with Crippen molar-refractivity contribution < 1.29 is 0 Å². The normalized spacial score (nSPS) is 14.4. The van der Waals surface area contributed by atoms with Gasteiger partial charge in [0.2, 0.25) is 0 Å². The summed E-state index contributed by atoms with van der Waals surface area (Å²) in [4.78, 5) is 10.8. The van der Waals surface area contributed by atoms with Crippen molar-refractivity contribution in [3.63, 3.8) is 0 Å². The minimum absolute atomic E-state index is 0.0925. The van der Waals surface area contributed by atoms with Crippen molar-refractivity contribution >= 4 is 0 Å². The molecule has 1 aromatic rings. The molecule has 0 saturated carbocycles. The molecule has 1 N–H and O–H groups in total. The summed E-state index contributed by atoms with van der Waals surface area (Å²) < 4.78 is 1.89. The molecule has 0 atom stereocenters. The first kappa shape index (κ1) is 5.53. The van der Waals surface area contributed by atoms with Crippen LogP contribution in [0.1, 0.15) is 5.69 Å². The van der Waals surface area contributed by atoms with Crippen LogP contribution in [0.5, 0.6) is 0 Å². The van der Waals surface area contributed by atoms with Gasteiger partial charge in [-0.3, -0.25) is 9.47 Å². The van der Waals surface area contributed by atoms with E-state index in [1.807, 2.05) is 4.68 Å². The molecule has 3 heteroatoms. The molecule has 2 heterocycles. The van der Waals surface area contributed by atoms with Gasteiger partial charge in [-0.2, -0.15) is 0 Å². The highest BCUT2D eigenvalue weighted by Crippen LogP contribution is 2.00. The molecule has 0 radical (unpaired) electrons. The minimum atomic E-state index is 0.0925. The van der Waals surface area contributed by atoms with Crippen LogP contribution in [0.4, 0.5) is 0 Å². The first-order valence-electron chi connectivity index (χ1n) is 3.32. The van der Waals surface area contributed by atoms with Crippen molar-refractivity contribution in [1.82, 2.24) is 4.68 Å². The van der Waals surface area contributed by atoms with E-state index < -0.39 is 0 Å². The van der Waals surface area contributed by atoms with Crippen LogP contribution in [0.15, 0.2) is 23.1 Å². The summed E-state index contributed by atoms with van der Waals surface area (Å²) in [5.41, 5.74) is 4.27. The molecular weight excluding hydrogens is 128 g/mol. The van der Waals surface area contributed by atoms with E-state index in [0.29, 0.717) is 0 Å². The summed E-state index contributed by atoms with van der Waals surface area (Å²) >= 11 is 0. The first-order chi connectivity index (χ1) is 4.86. The van der Waals surface area contributed by atoms with Crippen LogP contribution in [0.2, 0.25) is 0 Å². The Morgan fingerprint density at radius 3 is 3.40 bits per heavy atom. The molecule has 0 spiro atoms. The molecule has 0 amide bonds. The quantitative estimate of drug-likeness (QED) is 0.542. The topological polar surface area (TPSA) is 34.0 Å². The summed E-state index contributed by atoms with van der Waals surface area (Å²) in [5.74, 6) is 0. The summed E-state index contributed by atoms with van der Waals surface area (Å²) in [5, 5.41) is 0. The lowest BCUT2D eigenvalue weighted by Crippen LogP contribution is -2.10. The standard InChI is InChI=1S/C7H8N2O/c10-7-2-4-9-6(5-7)1-3-8-9/h2,4-5,8H,1,3H2. The second-order valence-electron chi connectivity index (χ2n) is 2.38. The van der Waals surface area contributed by atoms with Gasteiger partial charge in [0.05, 0.1) is 0 Å². The van der Waals surface area contributed by atoms with Crippen molar-refractivity contribution in [2.24, 2.45) is 0 Å². The van der Waals surface area contributed by atoms with Gasteiger partial charge in [-0.25, -0.2) is 0 Å². The smallest absolute Gasteiger partial charge is 0.181 e. The van der Waals surface area contributed by atoms with Crippen LogP contribution in [0, 0.1) is 0 Å². The van der Waals surface area contributed by atoms with Crippen molar-refractivity contribution in [3.8, 4) is 0 Å². The van der Waals surface area contributed by atoms with Gasteiger partial charge in [-0.1, -0.05) is 0 Å². The fraction of sp³-hybridized carbons (Fsp3) is 0.286. The van der Waals surface area contributed by atoms with E-state index in [1.165, 1.54) is 0 Å². The van der Waals surface area contributed by atoms with Crippen molar-refractivity contribution in [3.05, 3.63) is 34.2 Å². The molecule has 0 aromatic carbocycles. The second kappa shape index (κ2) is 1.87. The zero-order valence-corrected chi connectivity index (χ0v) is 5.50. The Balaban J connectivity index is 2.63. The molecule has 0 saturated heterocycles. The van der Waals surface area contributed by atoms with Crippen LogP contribution < -0.4 is 10.9 Å². The van der Waals surface area contributed by atoms with Gasteiger partial charge < -0.3 is 5.43 Å². The zero-order chi connectivity index (χ0) is 6.97. The maximum absolute atomic E-state index is 10.8. The maximum Gasteiger partial charge on any atom is 0.181 e. The Labute approximate surface area is 58.3 Å². The summed E-state index contributed by atoms with van der Waals surface area (Å²) in [6.45, 7) is 0.934. The Morgan fingerprint density at radius 1 is 1.60 bits per heavy atom. The molecule has 52 valence electrons. The van der Waals surface area contributed by atoms with E-state index in [9.17, 15) is 4.79 Å². The molecule has 2 rings (SSSR count). The number of hydrogen-bond acceptors (Lipinski definition) is 2. The minimum Gasteiger partial charge on any atom is -0.326 e. The Hall–Kier alpha value is -1.25.